The molecule has 1 fully saturated rings. The molecule has 88 valence electrons. The van der Waals surface area contributed by atoms with Crippen LogP contribution >= 0.6 is 11.6 Å². The van der Waals surface area contributed by atoms with E-state index in [1.165, 1.54) is 31.2 Å². The second kappa shape index (κ2) is 5.70. The lowest BCUT2D eigenvalue weighted by Gasteiger charge is -2.18. The van der Waals surface area contributed by atoms with Crippen LogP contribution in [0, 0.1) is 5.92 Å². The largest absolute Gasteiger partial charge is 0.310 e. The first-order chi connectivity index (χ1) is 7.79. The Morgan fingerprint density at radius 2 is 2.00 bits per heavy atom. The zero-order chi connectivity index (χ0) is 11.4. The summed E-state index contributed by atoms with van der Waals surface area (Å²) in [4.78, 5) is 0. The van der Waals surface area contributed by atoms with Gasteiger partial charge in [-0.15, -0.1) is 0 Å². The van der Waals surface area contributed by atoms with Crippen molar-refractivity contribution in [2.24, 2.45) is 5.92 Å². The fourth-order valence-electron chi connectivity index (χ4n) is 2.14. The van der Waals surface area contributed by atoms with Crippen molar-refractivity contribution in [2.45, 2.75) is 38.6 Å². The van der Waals surface area contributed by atoms with Gasteiger partial charge in [-0.1, -0.05) is 43.5 Å². The Kier molecular flexibility index (Phi) is 4.25. The van der Waals surface area contributed by atoms with Gasteiger partial charge in [0.25, 0.3) is 0 Å². The highest BCUT2D eigenvalue weighted by Gasteiger charge is 2.22. The Morgan fingerprint density at radius 3 is 2.56 bits per heavy atom. The minimum atomic E-state index is 0.503. The SMILES string of the molecule is CCNC(CCC1CC1)c1ccc(Cl)cc1. The highest BCUT2D eigenvalue weighted by molar-refractivity contribution is 6.30. The summed E-state index contributed by atoms with van der Waals surface area (Å²) in [7, 11) is 0. The summed E-state index contributed by atoms with van der Waals surface area (Å²) >= 11 is 5.91. The first-order valence-corrected chi connectivity index (χ1v) is 6.66. The van der Waals surface area contributed by atoms with Crippen molar-refractivity contribution < 1.29 is 0 Å². The summed E-state index contributed by atoms with van der Waals surface area (Å²) in [6.45, 7) is 3.19. The van der Waals surface area contributed by atoms with Gasteiger partial charge >= 0.3 is 0 Å². The lowest BCUT2D eigenvalue weighted by atomic mass is 10.0. The average molecular weight is 238 g/mol. The van der Waals surface area contributed by atoms with Gasteiger partial charge in [-0.05, 0) is 43.0 Å². The molecule has 1 unspecified atom stereocenters. The zero-order valence-electron chi connectivity index (χ0n) is 9.88. The van der Waals surface area contributed by atoms with Gasteiger partial charge in [0.05, 0.1) is 0 Å². The second-order valence-corrected chi connectivity index (χ2v) is 5.12. The zero-order valence-corrected chi connectivity index (χ0v) is 10.6. The van der Waals surface area contributed by atoms with Crippen LogP contribution in [0.2, 0.25) is 5.02 Å². The minimum absolute atomic E-state index is 0.503. The normalized spacial score (nSPS) is 17.4. The van der Waals surface area contributed by atoms with Gasteiger partial charge in [0.2, 0.25) is 0 Å². The molecule has 0 aliphatic heterocycles. The standard InChI is InChI=1S/C14H20ClN/c1-2-16-14(10-5-11-3-4-11)12-6-8-13(15)9-7-12/h6-9,11,14,16H,2-5,10H2,1H3. The topological polar surface area (TPSA) is 12.0 Å². The van der Waals surface area contributed by atoms with E-state index in [0.29, 0.717) is 6.04 Å². The lowest BCUT2D eigenvalue weighted by Crippen LogP contribution is -2.20. The van der Waals surface area contributed by atoms with E-state index in [1.807, 2.05) is 12.1 Å². The molecule has 16 heavy (non-hydrogen) atoms. The highest BCUT2D eigenvalue weighted by Crippen LogP contribution is 2.35. The van der Waals surface area contributed by atoms with Crippen molar-refractivity contribution in [2.75, 3.05) is 6.54 Å². The fourth-order valence-corrected chi connectivity index (χ4v) is 2.26. The summed E-state index contributed by atoms with van der Waals surface area (Å²) in [5.74, 6) is 1.01. The molecule has 0 heterocycles. The number of halogens is 1. The molecule has 2 heteroatoms. The summed E-state index contributed by atoms with van der Waals surface area (Å²) in [5.41, 5.74) is 1.37. The molecule has 0 spiro atoms. The number of hydrogen-bond acceptors (Lipinski definition) is 1. The molecule has 0 radical (unpaired) electrons. The van der Waals surface area contributed by atoms with Crippen LogP contribution in [-0.2, 0) is 0 Å². The average Bonchev–Trinajstić information content (AvgIpc) is 3.09. The molecule has 2 rings (SSSR count). The first-order valence-electron chi connectivity index (χ1n) is 6.28. The smallest absolute Gasteiger partial charge is 0.0406 e. The van der Waals surface area contributed by atoms with Crippen molar-refractivity contribution in [1.29, 1.82) is 0 Å². The molecule has 0 saturated heterocycles. The summed E-state index contributed by atoms with van der Waals surface area (Å²) in [6.07, 6.45) is 5.50. The molecule has 1 aromatic rings. The van der Waals surface area contributed by atoms with Gasteiger partial charge in [0, 0.05) is 11.1 Å². The summed E-state index contributed by atoms with van der Waals surface area (Å²) < 4.78 is 0. The van der Waals surface area contributed by atoms with Gasteiger partial charge in [-0.2, -0.15) is 0 Å². The van der Waals surface area contributed by atoms with E-state index in [0.717, 1.165) is 17.5 Å². The van der Waals surface area contributed by atoms with E-state index < -0.39 is 0 Å². The minimum Gasteiger partial charge on any atom is -0.310 e. The maximum atomic E-state index is 5.91. The van der Waals surface area contributed by atoms with Crippen molar-refractivity contribution >= 4 is 11.6 Å². The van der Waals surface area contributed by atoms with Crippen LogP contribution in [0.25, 0.3) is 0 Å². The van der Waals surface area contributed by atoms with E-state index >= 15 is 0 Å². The van der Waals surface area contributed by atoms with E-state index in [9.17, 15) is 0 Å². The summed E-state index contributed by atoms with van der Waals surface area (Å²) in [6, 6.07) is 8.75. The third-order valence-electron chi connectivity index (χ3n) is 3.28. The van der Waals surface area contributed by atoms with Crippen molar-refractivity contribution in [3.63, 3.8) is 0 Å². The molecule has 1 aliphatic rings. The Balaban J connectivity index is 1.95. The molecule has 1 aromatic carbocycles. The van der Waals surface area contributed by atoms with Crippen LogP contribution in [0.3, 0.4) is 0 Å². The monoisotopic (exact) mass is 237 g/mol. The van der Waals surface area contributed by atoms with E-state index in [-0.39, 0.29) is 0 Å². The Hall–Kier alpha value is -0.530. The van der Waals surface area contributed by atoms with Gasteiger partial charge < -0.3 is 5.32 Å². The predicted molar refractivity (Wildman–Crippen MR) is 69.8 cm³/mol. The van der Waals surface area contributed by atoms with Crippen LogP contribution in [0.15, 0.2) is 24.3 Å². The van der Waals surface area contributed by atoms with E-state index in [4.69, 9.17) is 11.6 Å². The Labute approximate surface area is 103 Å². The number of benzene rings is 1. The van der Waals surface area contributed by atoms with Gasteiger partial charge in [-0.3, -0.25) is 0 Å². The third kappa shape index (κ3) is 3.50. The Morgan fingerprint density at radius 1 is 1.31 bits per heavy atom. The van der Waals surface area contributed by atoms with E-state index in [1.54, 1.807) is 0 Å². The number of rotatable bonds is 6. The quantitative estimate of drug-likeness (QED) is 0.783. The second-order valence-electron chi connectivity index (χ2n) is 4.68. The van der Waals surface area contributed by atoms with E-state index in [2.05, 4.69) is 24.4 Å². The number of hydrogen-bond donors (Lipinski definition) is 1. The summed E-state index contributed by atoms with van der Waals surface area (Å²) in [5, 5.41) is 4.38. The van der Waals surface area contributed by atoms with Crippen molar-refractivity contribution in [3.8, 4) is 0 Å². The predicted octanol–water partition coefficient (Wildman–Crippen LogP) is 4.18. The van der Waals surface area contributed by atoms with Crippen LogP contribution in [-0.4, -0.2) is 6.54 Å². The molecule has 1 N–H and O–H groups in total. The van der Waals surface area contributed by atoms with Crippen LogP contribution in [0.1, 0.15) is 44.2 Å². The molecule has 0 bridgehead atoms. The molecule has 0 aromatic heterocycles. The van der Waals surface area contributed by atoms with Crippen LogP contribution in [0.4, 0.5) is 0 Å². The molecule has 1 nitrogen and oxygen atoms in total. The number of nitrogens with one attached hydrogen (secondary N) is 1. The molecule has 1 atom stereocenters. The molecular formula is C14H20ClN. The van der Waals surface area contributed by atoms with Crippen molar-refractivity contribution in [1.82, 2.24) is 5.32 Å². The third-order valence-corrected chi connectivity index (χ3v) is 3.54. The van der Waals surface area contributed by atoms with Crippen LogP contribution < -0.4 is 5.32 Å². The maximum Gasteiger partial charge on any atom is 0.0406 e. The first kappa shape index (κ1) is 11.9. The maximum absolute atomic E-state index is 5.91. The highest BCUT2D eigenvalue weighted by atomic mass is 35.5. The molecule has 0 amide bonds. The van der Waals surface area contributed by atoms with Gasteiger partial charge in [-0.25, -0.2) is 0 Å². The van der Waals surface area contributed by atoms with Crippen LogP contribution in [0.5, 0.6) is 0 Å². The molecule has 1 saturated carbocycles. The molecule has 1 aliphatic carbocycles. The van der Waals surface area contributed by atoms with Gasteiger partial charge in [0.15, 0.2) is 0 Å². The fraction of sp³-hybridized carbons (Fsp3) is 0.571. The van der Waals surface area contributed by atoms with Crippen molar-refractivity contribution in [3.05, 3.63) is 34.9 Å². The lowest BCUT2D eigenvalue weighted by molar-refractivity contribution is 0.482. The molecular weight excluding hydrogens is 218 g/mol. The Bertz CT molecular complexity index is 316. The van der Waals surface area contributed by atoms with Gasteiger partial charge in [0.1, 0.15) is 0 Å².